The van der Waals surface area contributed by atoms with Gasteiger partial charge in [-0.05, 0) is 30.7 Å². The molecule has 0 aliphatic carbocycles. The largest absolute Gasteiger partial charge is 0.380 e. The van der Waals surface area contributed by atoms with Crippen molar-refractivity contribution in [2.75, 3.05) is 19.8 Å². The van der Waals surface area contributed by atoms with E-state index in [1.807, 2.05) is 24.3 Å². The fourth-order valence-electron chi connectivity index (χ4n) is 3.18. The van der Waals surface area contributed by atoms with Crippen LogP contribution in [0.3, 0.4) is 0 Å². The number of aromatic nitrogens is 2. The van der Waals surface area contributed by atoms with Crippen LogP contribution in [0.2, 0.25) is 5.02 Å². The van der Waals surface area contributed by atoms with Crippen molar-refractivity contribution in [1.82, 2.24) is 14.9 Å². The van der Waals surface area contributed by atoms with Crippen LogP contribution in [0.1, 0.15) is 17.8 Å². The average molecular weight is 304 g/mol. The lowest BCUT2D eigenvalue weighted by atomic mass is 10.1. The number of rotatable bonds is 2. The predicted octanol–water partition coefficient (Wildman–Crippen LogP) is 2.88. The molecule has 0 bridgehead atoms. The molecule has 1 fully saturated rings. The van der Waals surface area contributed by atoms with Crippen molar-refractivity contribution in [2.45, 2.75) is 25.4 Å². The van der Waals surface area contributed by atoms with E-state index in [0.717, 1.165) is 55.6 Å². The van der Waals surface area contributed by atoms with E-state index in [0.29, 0.717) is 6.04 Å². The highest BCUT2D eigenvalue weighted by Gasteiger charge is 2.28. The predicted molar refractivity (Wildman–Crippen MR) is 82.4 cm³/mol. The molecule has 2 aromatic rings. The molecule has 110 valence electrons. The third kappa shape index (κ3) is 2.59. The zero-order chi connectivity index (χ0) is 14.2. The molecule has 3 heterocycles. The summed E-state index contributed by atoms with van der Waals surface area (Å²) in [5, 5.41) is 0.752. The summed E-state index contributed by atoms with van der Waals surface area (Å²) in [6.07, 6.45) is 2.16. The molecule has 2 aliphatic heterocycles. The minimum absolute atomic E-state index is 0.570. The Kier molecular flexibility index (Phi) is 3.45. The number of H-pyrrole nitrogens is 1. The smallest absolute Gasteiger partial charge is 0.137 e. The van der Waals surface area contributed by atoms with Crippen molar-refractivity contribution in [3.05, 3.63) is 40.7 Å². The van der Waals surface area contributed by atoms with Crippen molar-refractivity contribution >= 4 is 11.6 Å². The second kappa shape index (κ2) is 5.44. The van der Waals surface area contributed by atoms with Gasteiger partial charge >= 0.3 is 0 Å². The Bertz CT molecular complexity index is 631. The van der Waals surface area contributed by atoms with E-state index < -0.39 is 0 Å². The number of nitrogens with one attached hydrogen (secondary N) is 1. The number of imidazole rings is 1. The first kappa shape index (κ1) is 13.3. The summed E-state index contributed by atoms with van der Waals surface area (Å²) < 4.78 is 5.50. The number of hydrogen-bond donors (Lipinski definition) is 1. The highest BCUT2D eigenvalue weighted by atomic mass is 35.5. The summed E-state index contributed by atoms with van der Waals surface area (Å²) in [6, 6.07) is 8.39. The molecule has 1 N–H and O–H groups in total. The molecule has 1 saturated heterocycles. The van der Waals surface area contributed by atoms with Crippen molar-refractivity contribution in [3.63, 3.8) is 0 Å². The molecule has 4 nitrogen and oxygen atoms in total. The van der Waals surface area contributed by atoms with Crippen LogP contribution in [0.25, 0.3) is 11.4 Å². The van der Waals surface area contributed by atoms with Gasteiger partial charge in [0.2, 0.25) is 0 Å². The highest BCUT2D eigenvalue weighted by molar-refractivity contribution is 6.30. The van der Waals surface area contributed by atoms with Crippen LogP contribution in [0, 0.1) is 0 Å². The first-order valence-corrected chi connectivity index (χ1v) is 7.83. The maximum Gasteiger partial charge on any atom is 0.137 e. The van der Waals surface area contributed by atoms with Crippen LogP contribution in [-0.2, 0) is 17.7 Å². The van der Waals surface area contributed by atoms with Gasteiger partial charge in [-0.25, -0.2) is 4.98 Å². The number of nitrogens with zero attached hydrogens (tertiary/aromatic N) is 2. The molecule has 0 unspecified atom stereocenters. The molecule has 1 aromatic carbocycles. The quantitative estimate of drug-likeness (QED) is 0.927. The Hall–Kier alpha value is -1.36. The Morgan fingerprint density at radius 2 is 2.14 bits per heavy atom. The molecule has 4 rings (SSSR count). The van der Waals surface area contributed by atoms with Gasteiger partial charge < -0.3 is 9.72 Å². The van der Waals surface area contributed by atoms with Crippen LogP contribution in [-0.4, -0.2) is 40.7 Å². The monoisotopic (exact) mass is 303 g/mol. The summed E-state index contributed by atoms with van der Waals surface area (Å²) in [6.45, 7) is 3.79. The van der Waals surface area contributed by atoms with Gasteiger partial charge in [0.1, 0.15) is 5.82 Å². The fraction of sp³-hybridized carbons (Fsp3) is 0.438. The number of aromatic amines is 1. The van der Waals surface area contributed by atoms with Crippen LogP contribution >= 0.6 is 11.6 Å². The van der Waals surface area contributed by atoms with Gasteiger partial charge in [-0.2, -0.15) is 0 Å². The average Bonchev–Trinajstić information content (AvgIpc) is 3.16. The molecule has 0 amide bonds. The third-order valence-electron chi connectivity index (χ3n) is 4.40. The molecule has 5 heteroatoms. The minimum atomic E-state index is 0.570. The van der Waals surface area contributed by atoms with E-state index in [9.17, 15) is 0 Å². The second-order valence-corrected chi connectivity index (χ2v) is 6.19. The van der Waals surface area contributed by atoms with Gasteiger partial charge in [-0.3, -0.25) is 4.90 Å². The SMILES string of the molecule is Clc1ccc(-c2nc3c([nH]2)CN([C@H]2CCOC2)CC3)cc1. The van der Waals surface area contributed by atoms with E-state index in [1.165, 1.54) is 11.4 Å². The first-order chi connectivity index (χ1) is 10.3. The Morgan fingerprint density at radius 3 is 2.90 bits per heavy atom. The molecule has 1 aromatic heterocycles. The summed E-state index contributed by atoms with van der Waals surface area (Å²) in [5.41, 5.74) is 3.54. The molecule has 0 spiro atoms. The van der Waals surface area contributed by atoms with Gasteiger partial charge in [-0.15, -0.1) is 0 Å². The van der Waals surface area contributed by atoms with Gasteiger partial charge in [-0.1, -0.05) is 11.6 Å². The summed E-state index contributed by atoms with van der Waals surface area (Å²) in [4.78, 5) is 10.8. The second-order valence-electron chi connectivity index (χ2n) is 5.76. The van der Waals surface area contributed by atoms with Crippen molar-refractivity contribution < 1.29 is 4.74 Å². The van der Waals surface area contributed by atoms with Crippen molar-refractivity contribution in [2.24, 2.45) is 0 Å². The van der Waals surface area contributed by atoms with Crippen LogP contribution in [0.15, 0.2) is 24.3 Å². The zero-order valence-corrected chi connectivity index (χ0v) is 12.6. The maximum absolute atomic E-state index is 5.94. The molecular weight excluding hydrogens is 286 g/mol. The Morgan fingerprint density at radius 1 is 1.29 bits per heavy atom. The molecule has 0 saturated carbocycles. The van der Waals surface area contributed by atoms with E-state index in [1.54, 1.807) is 0 Å². The van der Waals surface area contributed by atoms with Crippen LogP contribution < -0.4 is 0 Å². The topological polar surface area (TPSA) is 41.2 Å². The van der Waals surface area contributed by atoms with Crippen molar-refractivity contribution in [1.29, 1.82) is 0 Å². The molecule has 1 atom stereocenters. The van der Waals surface area contributed by atoms with Crippen molar-refractivity contribution in [3.8, 4) is 11.4 Å². The van der Waals surface area contributed by atoms with E-state index in [4.69, 9.17) is 21.3 Å². The van der Waals surface area contributed by atoms with E-state index >= 15 is 0 Å². The fourth-order valence-corrected chi connectivity index (χ4v) is 3.31. The summed E-state index contributed by atoms with van der Waals surface area (Å²) in [7, 11) is 0. The molecule has 0 radical (unpaired) electrons. The number of fused-ring (bicyclic) bond motifs is 1. The normalized spacial score (nSPS) is 22.4. The van der Waals surface area contributed by atoms with E-state index in [-0.39, 0.29) is 0 Å². The lowest BCUT2D eigenvalue weighted by Crippen LogP contribution is -2.39. The van der Waals surface area contributed by atoms with Gasteiger partial charge in [0.05, 0.1) is 18.0 Å². The number of benzene rings is 1. The lowest BCUT2D eigenvalue weighted by molar-refractivity contribution is 0.133. The highest BCUT2D eigenvalue weighted by Crippen LogP contribution is 2.26. The summed E-state index contributed by atoms with van der Waals surface area (Å²) in [5.74, 6) is 0.946. The Labute approximate surface area is 129 Å². The first-order valence-electron chi connectivity index (χ1n) is 7.45. The van der Waals surface area contributed by atoms with Gasteiger partial charge in [0, 0.05) is 42.7 Å². The van der Waals surface area contributed by atoms with Gasteiger partial charge in [0.25, 0.3) is 0 Å². The molecule has 2 aliphatic rings. The number of ether oxygens (including phenoxy) is 1. The van der Waals surface area contributed by atoms with E-state index in [2.05, 4.69) is 9.88 Å². The maximum atomic E-state index is 5.94. The van der Waals surface area contributed by atoms with Gasteiger partial charge in [0.15, 0.2) is 0 Å². The molecular formula is C16H18ClN3O. The summed E-state index contributed by atoms with van der Waals surface area (Å²) >= 11 is 5.94. The lowest BCUT2D eigenvalue weighted by Gasteiger charge is -2.30. The zero-order valence-electron chi connectivity index (χ0n) is 11.8. The number of halogens is 1. The van der Waals surface area contributed by atoms with Crippen LogP contribution in [0.4, 0.5) is 0 Å². The third-order valence-corrected chi connectivity index (χ3v) is 4.65. The number of hydrogen-bond acceptors (Lipinski definition) is 3. The Balaban J connectivity index is 1.57. The molecule has 21 heavy (non-hydrogen) atoms. The van der Waals surface area contributed by atoms with Crippen LogP contribution in [0.5, 0.6) is 0 Å². The minimum Gasteiger partial charge on any atom is -0.380 e. The standard InChI is InChI=1S/C16H18ClN3O/c17-12-3-1-11(2-4-12)16-18-14-5-7-20(9-15(14)19-16)13-6-8-21-10-13/h1-4,13H,5-10H2,(H,18,19)/t13-/m0/s1.